The summed E-state index contributed by atoms with van der Waals surface area (Å²) in [6.07, 6.45) is 0. The highest BCUT2D eigenvalue weighted by Gasteiger charge is 2.18. The van der Waals surface area contributed by atoms with Gasteiger partial charge >= 0.3 is 5.97 Å². The number of benzene rings is 1. The van der Waals surface area contributed by atoms with Crippen molar-refractivity contribution in [3.8, 4) is 0 Å². The highest BCUT2D eigenvalue weighted by molar-refractivity contribution is 7.87. The Morgan fingerprint density at radius 3 is 2.39 bits per heavy atom. The predicted molar refractivity (Wildman–Crippen MR) is 73.9 cm³/mol. The van der Waals surface area contributed by atoms with Crippen LogP contribution in [0.5, 0.6) is 0 Å². The number of rotatable bonds is 4. The Labute approximate surface area is 114 Å². The van der Waals surface area contributed by atoms with Crippen molar-refractivity contribution in [2.75, 3.05) is 10.5 Å². The molecule has 18 heavy (non-hydrogen) atoms. The fourth-order valence-electron chi connectivity index (χ4n) is 1.16. The van der Waals surface area contributed by atoms with Crippen molar-refractivity contribution in [3.05, 3.63) is 29.3 Å². The van der Waals surface area contributed by atoms with Gasteiger partial charge < -0.3 is 9.46 Å². The van der Waals surface area contributed by atoms with Gasteiger partial charge in [0.05, 0.1) is 0 Å². The maximum Gasteiger partial charge on any atom is 0.320 e. The highest BCUT2D eigenvalue weighted by atomic mass is 35.5. The van der Waals surface area contributed by atoms with E-state index in [9.17, 15) is 9.00 Å². The summed E-state index contributed by atoms with van der Waals surface area (Å²) < 4.78 is 19.4. The molecule has 100 valence electrons. The molecule has 0 spiro atoms. The Morgan fingerprint density at radius 2 is 1.89 bits per heavy atom. The second-order valence-corrected chi connectivity index (χ2v) is 6.31. The van der Waals surface area contributed by atoms with Crippen molar-refractivity contribution < 1.29 is 13.7 Å². The maximum absolute atomic E-state index is 11.7. The van der Waals surface area contributed by atoms with Crippen LogP contribution in [0.4, 0.5) is 5.69 Å². The molecule has 1 unspecified atom stereocenters. The summed E-state index contributed by atoms with van der Waals surface area (Å²) in [7, 11) is -1.51. The third-order valence-electron chi connectivity index (χ3n) is 1.74. The normalized spacial score (nSPS) is 12.9. The molecule has 0 aromatic heterocycles. The largest absolute Gasteiger partial charge is 0.459 e. The van der Waals surface area contributed by atoms with Gasteiger partial charge in [0, 0.05) is 10.7 Å². The zero-order chi connectivity index (χ0) is 13.8. The number of hydrogen-bond acceptors (Lipinski definition) is 3. The van der Waals surface area contributed by atoms with Gasteiger partial charge in [0.2, 0.25) is 0 Å². The number of carbonyl (C=O) groups is 1. The molecular weight excluding hydrogens is 274 g/mol. The lowest BCUT2D eigenvalue weighted by molar-refractivity contribution is -0.151. The summed E-state index contributed by atoms with van der Waals surface area (Å²) in [6.45, 7) is 5.29. The first-order chi connectivity index (χ1) is 8.26. The van der Waals surface area contributed by atoms with Gasteiger partial charge in [-0.1, -0.05) is 11.6 Å². The lowest BCUT2D eigenvalue weighted by Crippen LogP contribution is -2.28. The van der Waals surface area contributed by atoms with Gasteiger partial charge in [0.1, 0.15) is 22.3 Å². The molecule has 0 amide bonds. The summed E-state index contributed by atoms with van der Waals surface area (Å²) in [6, 6.07) is 6.73. The number of nitrogens with one attached hydrogen (secondary N) is 1. The van der Waals surface area contributed by atoms with E-state index in [2.05, 4.69) is 4.72 Å². The van der Waals surface area contributed by atoms with Gasteiger partial charge in [-0.2, -0.15) is 0 Å². The molecule has 1 aromatic carbocycles. The zero-order valence-corrected chi connectivity index (χ0v) is 12.1. The van der Waals surface area contributed by atoms with Crippen molar-refractivity contribution >= 4 is 34.2 Å². The third-order valence-corrected chi connectivity index (χ3v) is 2.96. The monoisotopic (exact) mass is 289 g/mol. The second-order valence-electron chi connectivity index (χ2n) is 4.69. The Hall–Kier alpha value is -1.07. The van der Waals surface area contributed by atoms with Crippen LogP contribution in [-0.2, 0) is 20.5 Å². The SMILES string of the molecule is CC(C)(C)OC(=O)CS(=O)Nc1ccc(Cl)cc1. The van der Waals surface area contributed by atoms with E-state index in [1.165, 1.54) is 0 Å². The first-order valence-electron chi connectivity index (χ1n) is 5.39. The maximum atomic E-state index is 11.7. The van der Waals surface area contributed by atoms with E-state index in [1.807, 2.05) is 0 Å². The molecule has 6 heteroatoms. The molecule has 0 bridgehead atoms. The summed E-state index contributed by atoms with van der Waals surface area (Å²) in [5.41, 5.74) is 0.0722. The van der Waals surface area contributed by atoms with E-state index < -0.39 is 22.6 Å². The molecule has 0 aliphatic heterocycles. The summed E-state index contributed by atoms with van der Waals surface area (Å²) >= 11 is 5.73. The number of carbonyl (C=O) groups excluding carboxylic acids is 1. The van der Waals surface area contributed by atoms with Crippen molar-refractivity contribution in [3.63, 3.8) is 0 Å². The molecule has 1 N–H and O–H groups in total. The Bertz CT molecular complexity index is 440. The Kier molecular flexibility index (Phi) is 5.16. The lowest BCUT2D eigenvalue weighted by Gasteiger charge is -2.19. The van der Waals surface area contributed by atoms with Crippen molar-refractivity contribution in [2.45, 2.75) is 26.4 Å². The van der Waals surface area contributed by atoms with Gasteiger partial charge in [-0.3, -0.25) is 4.79 Å². The van der Waals surface area contributed by atoms with Crippen molar-refractivity contribution in [1.82, 2.24) is 0 Å². The highest BCUT2D eigenvalue weighted by Crippen LogP contribution is 2.14. The molecule has 0 aliphatic rings. The van der Waals surface area contributed by atoms with Crippen LogP contribution in [0.15, 0.2) is 24.3 Å². The molecule has 1 atom stereocenters. The van der Waals surface area contributed by atoms with Crippen LogP contribution in [0.1, 0.15) is 20.8 Å². The van der Waals surface area contributed by atoms with Gasteiger partial charge in [-0.15, -0.1) is 0 Å². The molecule has 0 saturated heterocycles. The van der Waals surface area contributed by atoms with Crippen molar-refractivity contribution in [2.24, 2.45) is 0 Å². The van der Waals surface area contributed by atoms with Gasteiger partial charge in [0.25, 0.3) is 0 Å². The molecule has 0 heterocycles. The second kappa shape index (κ2) is 6.20. The van der Waals surface area contributed by atoms with Crippen LogP contribution < -0.4 is 4.72 Å². The van der Waals surface area contributed by atoms with Crippen LogP contribution in [-0.4, -0.2) is 21.5 Å². The number of ether oxygens (including phenoxy) is 1. The minimum Gasteiger partial charge on any atom is -0.459 e. The Morgan fingerprint density at radius 1 is 1.33 bits per heavy atom. The van der Waals surface area contributed by atoms with Crippen LogP contribution in [0.3, 0.4) is 0 Å². The van der Waals surface area contributed by atoms with E-state index in [0.717, 1.165) is 0 Å². The molecule has 0 saturated carbocycles. The quantitative estimate of drug-likeness (QED) is 0.867. The average Bonchev–Trinajstić information content (AvgIpc) is 2.18. The average molecular weight is 290 g/mol. The number of anilines is 1. The first kappa shape index (κ1) is 15.0. The molecule has 4 nitrogen and oxygen atoms in total. The van der Waals surface area contributed by atoms with Crippen LogP contribution in [0.2, 0.25) is 5.02 Å². The molecule has 1 rings (SSSR count). The zero-order valence-electron chi connectivity index (χ0n) is 10.5. The van der Waals surface area contributed by atoms with E-state index in [0.29, 0.717) is 10.7 Å². The third kappa shape index (κ3) is 6.02. The van der Waals surface area contributed by atoms with Crippen LogP contribution >= 0.6 is 11.6 Å². The van der Waals surface area contributed by atoms with E-state index in [-0.39, 0.29) is 5.75 Å². The lowest BCUT2D eigenvalue weighted by atomic mass is 10.2. The predicted octanol–water partition coefficient (Wildman–Crippen LogP) is 2.76. The number of esters is 1. The smallest absolute Gasteiger partial charge is 0.320 e. The van der Waals surface area contributed by atoms with E-state index in [1.54, 1.807) is 45.0 Å². The molecule has 0 aliphatic carbocycles. The van der Waals surface area contributed by atoms with Gasteiger partial charge in [0.15, 0.2) is 0 Å². The van der Waals surface area contributed by atoms with Crippen LogP contribution in [0, 0.1) is 0 Å². The first-order valence-corrected chi connectivity index (χ1v) is 7.08. The number of hydrogen-bond donors (Lipinski definition) is 1. The van der Waals surface area contributed by atoms with E-state index in [4.69, 9.17) is 16.3 Å². The minimum atomic E-state index is -1.51. The van der Waals surface area contributed by atoms with Gasteiger partial charge in [-0.05, 0) is 45.0 Å². The summed E-state index contributed by atoms with van der Waals surface area (Å²) in [5.74, 6) is -0.692. The van der Waals surface area contributed by atoms with Crippen LogP contribution in [0.25, 0.3) is 0 Å². The fourth-order valence-corrected chi connectivity index (χ4v) is 2.03. The van der Waals surface area contributed by atoms with E-state index >= 15 is 0 Å². The number of halogens is 1. The topological polar surface area (TPSA) is 55.4 Å². The van der Waals surface area contributed by atoms with Gasteiger partial charge in [-0.25, -0.2) is 4.21 Å². The molecule has 1 aromatic rings. The minimum absolute atomic E-state index is 0.195. The molecular formula is C12H16ClNO3S. The van der Waals surface area contributed by atoms with Crippen molar-refractivity contribution in [1.29, 1.82) is 0 Å². The summed E-state index contributed by atoms with van der Waals surface area (Å²) in [5, 5.41) is 0.596. The summed E-state index contributed by atoms with van der Waals surface area (Å²) in [4.78, 5) is 11.4. The standard InChI is InChI=1S/C12H16ClNO3S/c1-12(2,3)17-11(15)8-18(16)14-10-6-4-9(13)5-7-10/h4-7,14H,8H2,1-3H3. The Balaban J connectivity index is 2.47. The molecule has 0 fully saturated rings. The fraction of sp³-hybridized carbons (Fsp3) is 0.417. The molecule has 0 radical (unpaired) electrons.